The first-order chi connectivity index (χ1) is 13.4. The summed E-state index contributed by atoms with van der Waals surface area (Å²) in [6.45, 7) is 5.23. The number of hydrogen-bond donors (Lipinski definition) is 2. The fraction of sp³-hybridized carbons (Fsp3) is 0.409. The number of ether oxygens (including phenoxy) is 2. The molecule has 2 aromatic carbocycles. The summed E-state index contributed by atoms with van der Waals surface area (Å²) in [5.41, 5.74) is 3.44. The summed E-state index contributed by atoms with van der Waals surface area (Å²) in [6, 6.07) is 10.7. The highest BCUT2D eigenvalue weighted by Crippen LogP contribution is 2.35. The second-order valence-electron chi connectivity index (χ2n) is 7.33. The van der Waals surface area contributed by atoms with E-state index in [-0.39, 0.29) is 23.8 Å². The van der Waals surface area contributed by atoms with Crippen LogP contribution in [0.4, 0.5) is 4.39 Å². The van der Waals surface area contributed by atoms with Crippen molar-refractivity contribution < 1.29 is 23.6 Å². The Bertz CT molecular complexity index is 838. The predicted octanol–water partition coefficient (Wildman–Crippen LogP) is 2.05. The average molecular weight is 387 g/mol. The Morgan fingerprint density at radius 3 is 2.46 bits per heavy atom. The van der Waals surface area contributed by atoms with Crippen molar-refractivity contribution in [3.63, 3.8) is 0 Å². The van der Waals surface area contributed by atoms with Crippen LogP contribution >= 0.6 is 0 Å². The fourth-order valence-corrected chi connectivity index (χ4v) is 4.20. The van der Waals surface area contributed by atoms with E-state index < -0.39 is 0 Å². The number of fused-ring (bicyclic) bond motifs is 1. The van der Waals surface area contributed by atoms with E-state index in [1.165, 1.54) is 29.5 Å². The summed E-state index contributed by atoms with van der Waals surface area (Å²) >= 11 is 0. The maximum Gasteiger partial charge on any atom is 0.217 e. The van der Waals surface area contributed by atoms with Gasteiger partial charge < -0.3 is 19.7 Å². The van der Waals surface area contributed by atoms with Gasteiger partial charge in [-0.25, -0.2) is 4.39 Å². The number of carbonyl (C=O) groups excluding carboxylic acids is 1. The molecule has 1 aliphatic heterocycles. The maximum atomic E-state index is 13.3. The number of hydrogen-bond acceptors (Lipinski definition) is 3. The standard InChI is InChI=1S/C22H27FN2O3/c1-14(24-15(2)26)22-19-12-21(28-4)20(27-3)11-17(19)9-10-25(22)13-16-5-7-18(23)8-6-16/h5-8,11-12,14,22H,9-10,13H2,1-4H3,(H,24,26)/p+1/t14-,22+/m1/s1. The zero-order valence-corrected chi connectivity index (χ0v) is 16.8. The number of rotatable bonds is 6. The van der Waals surface area contributed by atoms with Crippen LogP contribution in [-0.2, 0) is 17.8 Å². The molecule has 6 heteroatoms. The highest BCUT2D eigenvalue weighted by molar-refractivity contribution is 5.73. The van der Waals surface area contributed by atoms with Gasteiger partial charge >= 0.3 is 0 Å². The molecule has 150 valence electrons. The number of halogens is 1. The number of nitrogens with one attached hydrogen (secondary N) is 2. The SMILES string of the molecule is COc1cc2c(cc1OC)[C@H]([C@@H](C)NC(C)=O)[NH+](Cc1ccc(F)cc1)CC2. The molecular formula is C22H28FN2O3+. The summed E-state index contributed by atoms with van der Waals surface area (Å²) in [5.74, 6) is 1.11. The molecule has 1 amide bonds. The van der Waals surface area contributed by atoms with Crippen molar-refractivity contribution in [3.8, 4) is 11.5 Å². The minimum atomic E-state index is -0.234. The van der Waals surface area contributed by atoms with Crippen molar-refractivity contribution in [3.05, 3.63) is 58.9 Å². The van der Waals surface area contributed by atoms with Gasteiger partial charge in [-0.3, -0.25) is 4.79 Å². The number of carbonyl (C=O) groups is 1. The number of benzene rings is 2. The van der Waals surface area contributed by atoms with Crippen molar-refractivity contribution in [2.24, 2.45) is 0 Å². The summed E-state index contributed by atoms with van der Waals surface area (Å²) < 4.78 is 24.3. The maximum absolute atomic E-state index is 13.3. The van der Waals surface area contributed by atoms with Gasteiger partial charge in [0.1, 0.15) is 18.4 Å². The van der Waals surface area contributed by atoms with E-state index in [2.05, 4.69) is 5.32 Å². The van der Waals surface area contributed by atoms with Gasteiger partial charge in [0.25, 0.3) is 0 Å². The van der Waals surface area contributed by atoms with Crippen LogP contribution in [0, 0.1) is 5.82 Å². The van der Waals surface area contributed by atoms with Gasteiger partial charge in [-0.1, -0.05) is 12.1 Å². The minimum absolute atomic E-state index is 0.0532. The Hall–Kier alpha value is -2.60. The van der Waals surface area contributed by atoms with Crippen LogP contribution < -0.4 is 19.7 Å². The van der Waals surface area contributed by atoms with Crippen molar-refractivity contribution in [2.75, 3.05) is 20.8 Å². The highest BCUT2D eigenvalue weighted by Gasteiger charge is 2.36. The molecule has 3 atom stereocenters. The lowest BCUT2D eigenvalue weighted by Crippen LogP contribution is -3.13. The lowest BCUT2D eigenvalue weighted by molar-refractivity contribution is -0.948. The van der Waals surface area contributed by atoms with Gasteiger partial charge in [-0.2, -0.15) is 0 Å². The summed E-state index contributed by atoms with van der Waals surface area (Å²) in [5, 5.41) is 3.05. The van der Waals surface area contributed by atoms with Crippen LogP contribution in [0.5, 0.6) is 11.5 Å². The first kappa shape index (κ1) is 20.1. The van der Waals surface area contributed by atoms with E-state index in [1.807, 2.05) is 31.2 Å². The highest BCUT2D eigenvalue weighted by atomic mass is 19.1. The third kappa shape index (κ3) is 4.28. The number of amides is 1. The average Bonchev–Trinajstić information content (AvgIpc) is 2.67. The van der Waals surface area contributed by atoms with E-state index in [4.69, 9.17) is 9.47 Å². The van der Waals surface area contributed by atoms with Gasteiger partial charge in [0, 0.05) is 24.5 Å². The summed E-state index contributed by atoms with van der Waals surface area (Å²) in [6.07, 6.45) is 0.898. The van der Waals surface area contributed by atoms with Gasteiger partial charge in [-0.05, 0) is 36.8 Å². The van der Waals surface area contributed by atoms with E-state index in [0.717, 1.165) is 30.6 Å². The molecule has 2 aromatic rings. The van der Waals surface area contributed by atoms with Crippen LogP contribution in [-0.4, -0.2) is 32.7 Å². The third-order valence-electron chi connectivity index (χ3n) is 5.41. The molecule has 1 aliphatic rings. The van der Waals surface area contributed by atoms with Crippen LogP contribution in [0.2, 0.25) is 0 Å². The third-order valence-corrected chi connectivity index (χ3v) is 5.41. The topological polar surface area (TPSA) is 52.0 Å². The number of quaternary nitrogens is 1. The van der Waals surface area contributed by atoms with Crippen molar-refractivity contribution in [2.45, 2.75) is 38.9 Å². The second-order valence-corrected chi connectivity index (χ2v) is 7.33. The molecule has 5 nitrogen and oxygen atoms in total. The zero-order chi connectivity index (χ0) is 20.3. The first-order valence-corrected chi connectivity index (χ1v) is 9.53. The van der Waals surface area contributed by atoms with Crippen molar-refractivity contribution >= 4 is 5.91 Å². The van der Waals surface area contributed by atoms with Gasteiger partial charge in [0.05, 0.1) is 26.8 Å². The predicted molar refractivity (Wildman–Crippen MR) is 105 cm³/mol. The van der Waals surface area contributed by atoms with E-state index in [9.17, 15) is 9.18 Å². The largest absolute Gasteiger partial charge is 0.493 e. The Labute approximate surface area is 165 Å². The molecule has 0 bridgehead atoms. The molecule has 2 N–H and O–H groups in total. The molecule has 0 radical (unpaired) electrons. The smallest absolute Gasteiger partial charge is 0.217 e. The molecule has 28 heavy (non-hydrogen) atoms. The molecule has 0 saturated heterocycles. The fourth-order valence-electron chi connectivity index (χ4n) is 4.20. The van der Waals surface area contributed by atoms with Crippen LogP contribution in [0.1, 0.15) is 36.6 Å². The molecule has 3 rings (SSSR count). The molecule has 1 heterocycles. The molecule has 0 saturated carbocycles. The van der Waals surface area contributed by atoms with Gasteiger partial charge in [0.2, 0.25) is 5.91 Å². The lowest BCUT2D eigenvalue weighted by Gasteiger charge is -2.38. The van der Waals surface area contributed by atoms with E-state index in [0.29, 0.717) is 11.5 Å². The van der Waals surface area contributed by atoms with Crippen LogP contribution in [0.3, 0.4) is 0 Å². The number of methoxy groups -OCH3 is 2. The molecular weight excluding hydrogens is 359 g/mol. The van der Waals surface area contributed by atoms with Crippen molar-refractivity contribution in [1.29, 1.82) is 0 Å². The van der Waals surface area contributed by atoms with Gasteiger partial charge in [0.15, 0.2) is 11.5 Å². The summed E-state index contributed by atoms with van der Waals surface area (Å²) in [4.78, 5) is 13.1. The Kier molecular flexibility index (Phi) is 6.19. The summed E-state index contributed by atoms with van der Waals surface area (Å²) in [7, 11) is 3.26. The van der Waals surface area contributed by atoms with Crippen LogP contribution in [0.15, 0.2) is 36.4 Å². The Morgan fingerprint density at radius 1 is 1.21 bits per heavy atom. The second kappa shape index (κ2) is 8.61. The van der Waals surface area contributed by atoms with E-state index in [1.54, 1.807) is 14.2 Å². The molecule has 0 aliphatic carbocycles. The monoisotopic (exact) mass is 387 g/mol. The molecule has 0 fully saturated rings. The molecule has 0 spiro atoms. The van der Waals surface area contributed by atoms with Gasteiger partial charge in [-0.15, -0.1) is 0 Å². The van der Waals surface area contributed by atoms with Crippen molar-refractivity contribution in [1.82, 2.24) is 5.32 Å². The molecule has 0 aromatic heterocycles. The zero-order valence-electron chi connectivity index (χ0n) is 16.8. The lowest BCUT2D eigenvalue weighted by atomic mass is 9.87. The van der Waals surface area contributed by atoms with E-state index >= 15 is 0 Å². The first-order valence-electron chi connectivity index (χ1n) is 9.53. The normalized spacial score (nSPS) is 19.5. The molecule has 1 unspecified atom stereocenters. The minimum Gasteiger partial charge on any atom is -0.493 e. The quantitative estimate of drug-likeness (QED) is 0.798. The Morgan fingerprint density at radius 2 is 1.86 bits per heavy atom. The van der Waals surface area contributed by atoms with Crippen LogP contribution in [0.25, 0.3) is 0 Å². The Balaban J connectivity index is 1.99.